The highest BCUT2D eigenvalue weighted by Crippen LogP contribution is 2.37. The number of nitro groups is 1. The molecule has 0 saturated heterocycles. The van der Waals surface area contributed by atoms with Crippen LogP contribution in [0.25, 0.3) is 0 Å². The standard InChI is InChI=1S/C14H10ClNO5/c1-20-14-6-9(8-17)2-4-13(14)21-12-5-3-10(15)7-11(12)16(18)19/h2-8H,1H3. The molecule has 0 amide bonds. The Bertz CT molecular complexity index is 702. The van der Waals surface area contributed by atoms with E-state index in [0.29, 0.717) is 17.6 Å². The molecular formula is C14H10ClNO5. The third kappa shape index (κ3) is 3.29. The van der Waals surface area contributed by atoms with Gasteiger partial charge in [-0.25, -0.2) is 0 Å². The number of halogens is 1. The van der Waals surface area contributed by atoms with Gasteiger partial charge in [0, 0.05) is 16.7 Å². The molecule has 0 saturated carbocycles. The van der Waals surface area contributed by atoms with Crippen molar-refractivity contribution in [1.29, 1.82) is 0 Å². The van der Waals surface area contributed by atoms with Gasteiger partial charge in [-0.1, -0.05) is 11.6 Å². The van der Waals surface area contributed by atoms with Gasteiger partial charge in [-0.3, -0.25) is 14.9 Å². The van der Waals surface area contributed by atoms with E-state index in [1.54, 1.807) is 0 Å². The van der Waals surface area contributed by atoms with Crippen LogP contribution < -0.4 is 9.47 Å². The second-order valence-electron chi connectivity index (χ2n) is 4.00. The molecule has 0 spiro atoms. The van der Waals surface area contributed by atoms with E-state index in [4.69, 9.17) is 21.1 Å². The van der Waals surface area contributed by atoms with Crippen LogP contribution in [-0.2, 0) is 0 Å². The van der Waals surface area contributed by atoms with Gasteiger partial charge >= 0.3 is 5.69 Å². The van der Waals surface area contributed by atoms with E-state index in [1.165, 1.54) is 43.5 Å². The maximum atomic E-state index is 11.0. The van der Waals surface area contributed by atoms with Crippen LogP contribution in [0.1, 0.15) is 10.4 Å². The molecule has 0 aliphatic rings. The summed E-state index contributed by atoms with van der Waals surface area (Å²) in [5.74, 6) is 0.582. The Morgan fingerprint density at radius 2 is 1.86 bits per heavy atom. The number of methoxy groups -OCH3 is 1. The van der Waals surface area contributed by atoms with Crippen molar-refractivity contribution in [2.45, 2.75) is 0 Å². The lowest BCUT2D eigenvalue weighted by Crippen LogP contribution is -1.96. The van der Waals surface area contributed by atoms with Crippen LogP contribution in [0.3, 0.4) is 0 Å². The Balaban J connectivity index is 2.43. The van der Waals surface area contributed by atoms with Crippen LogP contribution in [0, 0.1) is 10.1 Å². The van der Waals surface area contributed by atoms with Crippen LogP contribution in [0.15, 0.2) is 36.4 Å². The molecule has 108 valence electrons. The second kappa shape index (κ2) is 6.23. The van der Waals surface area contributed by atoms with Gasteiger partial charge in [0.25, 0.3) is 0 Å². The molecule has 0 unspecified atom stereocenters. The molecule has 0 fully saturated rings. The lowest BCUT2D eigenvalue weighted by atomic mass is 10.2. The first-order valence-electron chi connectivity index (χ1n) is 5.80. The van der Waals surface area contributed by atoms with Gasteiger partial charge in [0.15, 0.2) is 11.5 Å². The van der Waals surface area contributed by atoms with Gasteiger partial charge in [-0.2, -0.15) is 0 Å². The Hall–Kier alpha value is -2.60. The first-order valence-corrected chi connectivity index (χ1v) is 6.18. The van der Waals surface area contributed by atoms with E-state index in [9.17, 15) is 14.9 Å². The molecule has 6 nitrogen and oxygen atoms in total. The number of hydrogen-bond acceptors (Lipinski definition) is 5. The van der Waals surface area contributed by atoms with E-state index in [-0.39, 0.29) is 22.2 Å². The predicted molar refractivity (Wildman–Crippen MR) is 76.6 cm³/mol. The summed E-state index contributed by atoms with van der Waals surface area (Å²) < 4.78 is 10.6. The van der Waals surface area contributed by atoms with Crippen LogP contribution in [0.5, 0.6) is 17.2 Å². The lowest BCUT2D eigenvalue weighted by Gasteiger charge is -2.11. The largest absolute Gasteiger partial charge is 0.493 e. The van der Waals surface area contributed by atoms with Crippen molar-refractivity contribution in [3.8, 4) is 17.2 Å². The summed E-state index contributed by atoms with van der Waals surface area (Å²) in [5.41, 5.74) is 0.147. The Morgan fingerprint density at radius 1 is 1.14 bits per heavy atom. The zero-order valence-electron chi connectivity index (χ0n) is 10.9. The molecule has 0 radical (unpaired) electrons. The fourth-order valence-corrected chi connectivity index (χ4v) is 1.85. The normalized spacial score (nSPS) is 10.0. The Morgan fingerprint density at radius 3 is 2.48 bits per heavy atom. The predicted octanol–water partition coefficient (Wildman–Crippen LogP) is 3.86. The van der Waals surface area contributed by atoms with Gasteiger partial charge in [0.05, 0.1) is 12.0 Å². The van der Waals surface area contributed by atoms with Gasteiger partial charge in [-0.15, -0.1) is 0 Å². The minimum absolute atomic E-state index is 0.0292. The van der Waals surface area contributed by atoms with E-state index >= 15 is 0 Å². The smallest absolute Gasteiger partial charge is 0.313 e. The van der Waals surface area contributed by atoms with E-state index in [2.05, 4.69) is 0 Å². The van der Waals surface area contributed by atoms with Crippen LogP contribution in [0.2, 0.25) is 5.02 Å². The topological polar surface area (TPSA) is 78.7 Å². The third-order valence-electron chi connectivity index (χ3n) is 2.66. The third-order valence-corrected chi connectivity index (χ3v) is 2.90. The minimum Gasteiger partial charge on any atom is -0.493 e. The monoisotopic (exact) mass is 307 g/mol. The second-order valence-corrected chi connectivity index (χ2v) is 4.44. The fraction of sp³-hybridized carbons (Fsp3) is 0.0714. The summed E-state index contributed by atoms with van der Waals surface area (Å²) in [6.45, 7) is 0. The zero-order valence-corrected chi connectivity index (χ0v) is 11.7. The van der Waals surface area contributed by atoms with E-state index in [1.807, 2.05) is 0 Å². The SMILES string of the molecule is COc1cc(C=O)ccc1Oc1ccc(Cl)cc1[N+](=O)[O-]. The zero-order chi connectivity index (χ0) is 15.4. The average Bonchev–Trinajstić information content (AvgIpc) is 2.49. The molecule has 0 bridgehead atoms. The van der Waals surface area contributed by atoms with Crippen LogP contribution >= 0.6 is 11.6 Å². The molecule has 0 atom stereocenters. The maximum absolute atomic E-state index is 11.0. The maximum Gasteiger partial charge on any atom is 0.313 e. The highest BCUT2D eigenvalue weighted by molar-refractivity contribution is 6.30. The fourth-order valence-electron chi connectivity index (χ4n) is 1.68. The molecule has 0 aliphatic carbocycles. The number of hydrogen-bond donors (Lipinski definition) is 0. The summed E-state index contributed by atoms with van der Waals surface area (Å²) in [4.78, 5) is 21.1. The first-order chi connectivity index (χ1) is 10.0. The molecule has 21 heavy (non-hydrogen) atoms. The summed E-state index contributed by atoms with van der Waals surface area (Å²) >= 11 is 5.74. The average molecular weight is 308 g/mol. The lowest BCUT2D eigenvalue weighted by molar-refractivity contribution is -0.385. The van der Waals surface area contributed by atoms with Gasteiger partial charge in [0.1, 0.15) is 6.29 Å². The molecule has 2 aromatic carbocycles. The van der Waals surface area contributed by atoms with Crippen molar-refractivity contribution in [2.75, 3.05) is 7.11 Å². The van der Waals surface area contributed by atoms with Crippen LogP contribution in [0.4, 0.5) is 5.69 Å². The number of ether oxygens (including phenoxy) is 2. The van der Waals surface area contributed by atoms with Gasteiger partial charge in [0.2, 0.25) is 5.75 Å². The molecule has 0 aliphatic heterocycles. The quantitative estimate of drug-likeness (QED) is 0.476. The number of rotatable bonds is 5. The van der Waals surface area contributed by atoms with Gasteiger partial charge in [-0.05, 0) is 30.3 Å². The van der Waals surface area contributed by atoms with E-state index < -0.39 is 4.92 Å². The Labute approximate surface area is 125 Å². The molecular weight excluding hydrogens is 298 g/mol. The molecule has 0 heterocycles. The van der Waals surface area contributed by atoms with Crippen LogP contribution in [-0.4, -0.2) is 18.3 Å². The number of benzene rings is 2. The van der Waals surface area contributed by atoms with E-state index in [0.717, 1.165) is 0 Å². The number of carbonyl (C=O) groups excluding carboxylic acids is 1. The first kappa shape index (κ1) is 14.8. The molecule has 0 aromatic heterocycles. The van der Waals surface area contributed by atoms with Crippen molar-refractivity contribution in [3.63, 3.8) is 0 Å². The number of aldehydes is 1. The molecule has 2 rings (SSSR count). The summed E-state index contributed by atoms with van der Waals surface area (Å²) in [7, 11) is 1.41. The number of nitro benzene ring substituents is 1. The summed E-state index contributed by atoms with van der Waals surface area (Å²) in [6, 6.07) is 8.57. The van der Waals surface area contributed by atoms with Crippen molar-refractivity contribution in [3.05, 3.63) is 57.1 Å². The molecule has 0 N–H and O–H groups in total. The summed E-state index contributed by atoms with van der Waals surface area (Å²) in [6.07, 6.45) is 0.664. The molecule has 2 aromatic rings. The number of nitrogens with zero attached hydrogens (tertiary/aromatic N) is 1. The summed E-state index contributed by atoms with van der Waals surface area (Å²) in [5, 5.41) is 11.2. The van der Waals surface area contributed by atoms with Crippen molar-refractivity contribution < 1.29 is 19.2 Å². The minimum atomic E-state index is -0.590. The number of carbonyl (C=O) groups is 1. The van der Waals surface area contributed by atoms with Crippen molar-refractivity contribution in [2.24, 2.45) is 0 Å². The van der Waals surface area contributed by atoms with Gasteiger partial charge < -0.3 is 9.47 Å². The Kier molecular flexibility index (Phi) is 4.39. The van der Waals surface area contributed by atoms with Crippen molar-refractivity contribution in [1.82, 2.24) is 0 Å². The highest BCUT2D eigenvalue weighted by Gasteiger charge is 2.18. The molecule has 7 heteroatoms. The highest BCUT2D eigenvalue weighted by atomic mass is 35.5. The van der Waals surface area contributed by atoms with Crippen molar-refractivity contribution >= 4 is 23.6 Å².